The van der Waals surface area contributed by atoms with Crippen LogP contribution in [-0.2, 0) is 6.54 Å². The zero-order valence-corrected chi connectivity index (χ0v) is 12.4. The van der Waals surface area contributed by atoms with Crippen LogP contribution in [0.2, 0.25) is 0 Å². The Hall–Kier alpha value is -1.94. The minimum Gasteiger partial charge on any atom is -0.496 e. The first-order chi connectivity index (χ1) is 10.0. The molecule has 0 spiro atoms. The molecule has 21 heavy (non-hydrogen) atoms. The van der Waals surface area contributed by atoms with E-state index in [-0.39, 0.29) is 5.56 Å². The number of nitrogens with one attached hydrogen (secondary N) is 1. The molecule has 0 aliphatic heterocycles. The van der Waals surface area contributed by atoms with Crippen LogP contribution in [0.5, 0.6) is 5.75 Å². The molecule has 2 aromatic rings. The fraction of sp³-hybridized carbons (Fsp3) is 0.294. The zero-order valence-electron chi connectivity index (χ0n) is 12.4. The van der Waals surface area contributed by atoms with E-state index in [4.69, 9.17) is 4.74 Å². The second-order valence-corrected chi connectivity index (χ2v) is 5.16. The van der Waals surface area contributed by atoms with Gasteiger partial charge in [0.25, 0.3) is 0 Å². The average molecular weight is 291 g/mol. The van der Waals surface area contributed by atoms with Gasteiger partial charge in [-0.05, 0) is 29.8 Å². The number of benzene rings is 2. The summed E-state index contributed by atoms with van der Waals surface area (Å²) < 4.78 is 33.1. The van der Waals surface area contributed by atoms with Gasteiger partial charge in [0, 0.05) is 18.2 Å². The van der Waals surface area contributed by atoms with Crippen molar-refractivity contribution in [1.29, 1.82) is 0 Å². The van der Waals surface area contributed by atoms with E-state index in [1.54, 1.807) is 25.3 Å². The zero-order chi connectivity index (χ0) is 15.4. The van der Waals surface area contributed by atoms with E-state index in [0.29, 0.717) is 23.9 Å². The van der Waals surface area contributed by atoms with Gasteiger partial charge in [0.2, 0.25) is 0 Å². The molecule has 0 aliphatic rings. The molecule has 0 bridgehead atoms. The molecule has 112 valence electrons. The third-order valence-corrected chi connectivity index (χ3v) is 3.23. The molecule has 0 fully saturated rings. The Kier molecular flexibility index (Phi) is 4.91. The van der Waals surface area contributed by atoms with Crippen molar-refractivity contribution in [2.24, 2.45) is 0 Å². The summed E-state index contributed by atoms with van der Waals surface area (Å²) in [5.74, 6) is -0.436. The molecule has 2 rings (SSSR count). The quantitative estimate of drug-likeness (QED) is 0.894. The lowest BCUT2D eigenvalue weighted by Gasteiger charge is -2.14. The molecule has 4 heteroatoms. The first kappa shape index (κ1) is 15.4. The molecular formula is C17H19F2NO. The molecule has 1 N–H and O–H groups in total. The van der Waals surface area contributed by atoms with Crippen molar-refractivity contribution in [3.63, 3.8) is 0 Å². The average Bonchev–Trinajstić information content (AvgIpc) is 2.45. The number of rotatable bonds is 5. The van der Waals surface area contributed by atoms with Crippen LogP contribution < -0.4 is 10.1 Å². The van der Waals surface area contributed by atoms with E-state index in [9.17, 15) is 8.78 Å². The summed E-state index contributed by atoms with van der Waals surface area (Å²) in [5, 5.41) is 3.28. The predicted octanol–water partition coefficient (Wildman–Crippen LogP) is 4.14. The molecule has 0 aliphatic carbocycles. The topological polar surface area (TPSA) is 21.3 Å². The van der Waals surface area contributed by atoms with E-state index in [0.717, 1.165) is 5.56 Å². The van der Waals surface area contributed by atoms with Crippen molar-refractivity contribution in [1.82, 2.24) is 5.32 Å². The fourth-order valence-corrected chi connectivity index (χ4v) is 2.16. The van der Waals surface area contributed by atoms with Gasteiger partial charge in [-0.3, -0.25) is 0 Å². The van der Waals surface area contributed by atoms with Crippen LogP contribution in [0.25, 0.3) is 11.1 Å². The van der Waals surface area contributed by atoms with Gasteiger partial charge in [-0.2, -0.15) is 0 Å². The van der Waals surface area contributed by atoms with Crippen LogP contribution in [0.3, 0.4) is 0 Å². The number of hydrogen-bond donors (Lipinski definition) is 1. The summed E-state index contributed by atoms with van der Waals surface area (Å²) in [6.45, 7) is 4.64. The van der Waals surface area contributed by atoms with Crippen molar-refractivity contribution >= 4 is 0 Å². The Morgan fingerprint density at radius 3 is 2.33 bits per heavy atom. The van der Waals surface area contributed by atoms with Gasteiger partial charge < -0.3 is 10.1 Å². The molecule has 0 saturated heterocycles. The predicted molar refractivity (Wildman–Crippen MR) is 80.3 cm³/mol. The van der Waals surface area contributed by atoms with Gasteiger partial charge in [0.1, 0.15) is 17.4 Å². The maximum atomic E-state index is 13.9. The molecule has 0 heterocycles. The van der Waals surface area contributed by atoms with E-state index in [2.05, 4.69) is 5.32 Å². The molecule has 0 amide bonds. The molecular weight excluding hydrogens is 272 g/mol. The van der Waals surface area contributed by atoms with E-state index in [1.807, 2.05) is 13.8 Å². The highest BCUT2D eigenvalue weighted by Crippen LogP contribution is 2.30. The second-order valence-electron chi connectivity index (χ2n) is 5.16. The first-order valence-electron chi connectivity index (χ1n) is 6.87. The van der Waals surface area contributed by atoms with Gasteiger partial charge in [-0.1, -0.05) is 26.0 Å². The van der Waals surface area contributed by atoms with Crippen LogP contribution in [0.1, 0.15) is 19.4 Å². The summed E-state index contributed by atoms with van der Waals surface area (Å²) in [6.07, 6.45) is 0. The molecule has 2 nitrogen and oxygen atoms in total. The van der Waals surface area contributed by atoms with Crippen LogP contribution >= 0.6 is 0 Å². The summed E-state index contributed by atoms with van der Waals surface area (Å²) in [7, 11) is 1.58. The molecule has 0 atom stereocenters. The summed E-state index contributed by atoms with van der Waals surface area (Å²) in [4.78, 5) is 0. The third-order valence-electron chi connectivity index (χ3n) is 3.23. The second kappa shape index (κ2) is 6.68. The highest BCUT2D eigenvalue weighted by Gasteiger charge is 2.13. The van der Waals surface area contributed by atoms with Gasteiger partial charge in [0.05, 0.1) is 12.7 Å². The normalized spacial score (nSPS) is 11.0. The van der Waals surface area contributed by atoms with Crippen LogP contribution in [-0.4, -0.2) is 13.2 Å². The SMILES string of the molecule is COc1ccc(-c2c(F)cccc2F)cc1CNC(C)C. The number of ether oxygens (including phenoxy) is 1. The highest BCUT2D eigenvalue weighted by atomic mass is 19.1. The Labute approximate surface area is 123 Å². The monoisotopic (exact) mass is 291 g/mol. The third kappa shape index (κ3) is 3.58. The van der Waals surface area contributed by atoms with Crippen LogP contribution in [0.4, 0.5) is 8.78 Å². The summed E-state index contributed by atoms with van der Waals surface area (Å²) in [6, 6.07) is 9.35. The summed E-state index contributed by atoms with van der Waals surface area (Å²) >= 11 is 0. The minimum atomic E-state index is -0.567. The largest absolute Gasteiger partial charge is 0.496 e. The number of methoxy groups -OCH3 is 1. The Morgan fingerprint density at radius 2 is 1.76 bits per heavy atom. The van der Waals surface area contributed by atoms with E-state index < -0.39 is 11.6 Å². The lowest BCUT2D eigenvalue weighted by atomic mass is 10.0. The Balaban J connectivity index is 2.44. The van der Waals surface area contributed by atoms with E-state index >= 15 is 0 Å². The maximum Gasteiger partial charge on any atom is 0.133 e. The Bertz CT molecular complexity index is 606. The molecule has 0 saturated carbocycles. The summed E-state index contributed by atoms with van der Waals surface area (Å²) in [5.41, 5.74) is 1.37. The highest BCUT2D eigenvalue weighted by molar-refractivity contribution is 5.67. The smallest absolute Gasteiger partial charge is 0.133 e. The Morgan fingerprint density at radius 1 is 1.10 bits per heavy atom. The van der Waals surface area contributed by atoms with Gasteiger partial charge >= 0.3 is 0 Å². The fourth-order valence-electron chi connectivity index (χ4n) is 2.16. The lowest BCUT2D eigenvalue weighted by molar-refractivity contribution is 0.406. The van der Waals surface area contributed by atoms with Crippen molar-refractivity contribution in [2.75, 3.05) is 7.11 Å². The van der Waals surface area contributed by atoms with Gasteiger partial charge in [-0.15, -0.1) is 0 Å². The molecule has 2 aromatic carbocycles. The molecule has 0 aromatic heterocycles. The number of halogens is 2. The standard InChI is InChI=1S/C17H19F2NO/c1-11(2)20-10-13-9-12(7-8-16(13)21-3)17-14(18)5-4-6-15(17)19/h4-9,11,20H,10H2,1-3H3. The minimum absolute atomic E-state index is 0.00838. The maximum absolute atomic E-state index is 13.9. The number of hydrogen-bond acceptors (Lipinski definition) is 2. The van der Waals surface area contributed by atoms with Gasteiger partial charge in [-0.25, -0.2) is 8.78 Å². The van der Waals surface area contributed by atoms with Crippen molar-refractivity contribution in [2.45, 2.75) is 26.4 Å². The van der Waals surface area contributed by atoms with Gasteiger partial charge in [0.15, 0.2) is 0 Å². The molecule has 0 unspecified atom stereocenters. The van der Waals surface area contributed by atoms with Crippen molar-refractivity contribution in [3.05, 3.63) is 53.6 Å². The van der Waals surface area contributed by atoms with Crippen molar-refractivity contribution < 1.29 is 13.5 Å². The van der Waals surface area contributed by atoms with Crippen molar-refractivity contribution in [3.8, 4) is 16.9 Å². The lowest BCUT2D eigenvalue weighted by Crippen LogP contribution is -2.22. The molecule has 0 radical (unpaired) electrons. The van der Waals surface area contributed by atoms with Crippen LogP contribution in [0, 0.1) is 11.6 Å². The van der Waals surface area contributed by atoms with E-state index in [1.165, 1.54) is 18.2 Å². The first-order valence-corrected chi connectivity index (χ1v) is 6.87. The van der Waals surface area contributed by atoms with Crippen LogP contribution in [0.15, 0.2) is 36.4 Å².